The lowest BCUT2D eigenvalue weighted by atomic mass is 10.3. The summed E-state index contributed by atoms with van der Waals surface area (Å²) in [6.07, 6.45) is 2.32. The molecule has 1 aromatic rings. The van der Waals surface area contributed by atoms with E-state index in [2.05, 4.69) is 11.3 Å². The van der Waals surface area contributed by atoms with Crippen LogP contribution < -0.4 is 10.5 Å². The van der Waals surface area contributed by atoms with Gasteiger partial charge in [-0.25, -0.2) is 21.9 Å². The molecule has 8 heteroatoms. The van der Waals surface area contributed by atoms with Crippen molar-refractivity contribution < 1.29 is 21.9 Å². The molecular formula is C12H16F2N2O3S. The lowest BCUT2D eigenvalue weighted by Crippen LogP contribution is -2.28. The number of nitrogen functional groups attached to an aromatic ring is 1. The van der Waals surface area contributed by atoms with Gasteiger partial charge in [-0.2, -0.15) is 0 Å². The predicted molar refractivity (Wildman–Crippen MR) is 71.6 cm³/mol. The molecule has 112 valence electrons. The van der Waals surface area contributed by atoms with Gasteiger partial charge in [-0.05, 0) is 18.6 Å². The maximum absolute atomic E-state index is 13.6. The van der Waals surface area contributed by atoms with E-state index in [4.69, 9.17) is 10.5 Å². The second-order valence-electron chi connectivity index (χ2n) is 3.86. The molecule has 3 N–H and O–H groups in total. The van der Waals surface area contributed by atoms with Gasteiger partial charge in [0.05, 0.1) is 13.2 Å². The van der Waals surface area contributed by atoms with Crippen LogP contribution in [-0.2, 0) is 14.8 Å². The summed E-state index contributed by atoms with van der Waals surface area (Å²) < 4.78 is 57.4. The van der Waals surface area contributed by atoms with Gasteiger partial charge in [-0.1, -0.05) is 6.08 Å². The molecule has 0 aliphatic carbocycles. The fraction of sp³-hybridized carbons (Fsp3) is 0.333. The number of benzene rings is 1. The fourth-order valence-corrected chi connectivity index (χ4v) is 2.45. The van der Waals surface area contributed by atoms with Gasteiger partial charge in [0.15, 0.2) is 5.82 Å². The average molecular weight is 306 g/mol. The molecule has 1 rings (SSSR count). The highest BCUT2D eigenvalue weighted by Gasteiger charge is 2.22. The highest BCUT2D eigenvalue weighted by atomic mass is 32.2. The van der Waals surface area contributed by atoms with E-state index in [9.17, 15) is 17.2 Å². The first-order valence-corrected chi connectivity index (χ1v) is 7.30. The van der Waals surface area contributed by atoms with Gasteiger partial charge in [0, 0.05) is 6.54 Å². The molecule has 5 nitrogen and oxygen atoms in total. The zero-order valence-electron chi connectivity index (χ0n) is 10.7. The average Bonchev–Trinajstić information content (AvgIpc) is 2.39. The van der Waals surface area contributed by atoms with E-state index in [-0.39, 0.29) is 13.2 Å². The third-order valence-corrected chi connectivity index (χ3v) is 3.86. The monoisotopic (exact) mass is 306 g/mol. The van der Waals surface area contributed by atoms with Crippen molar-refractivity contribution in [2.24, 2.45) is 0 Å². The van der Waals surface area contributed by atoms with E-state index >= 15 is 0 Å². The van der Waals surface area contributed by atoms with Crippen molar-refractivity contribution in [3.63, 3.8) is 0 Å². The van der Waals surface area contributed by atoms with Crippen molar-refractivity contribution >= 4 is 15.7 Å². The second-order valence-corrected chi connectivity index (χ2v) is 5.60. The summed E-state index contributed by atoms with van der Waals surface area (Å²) in [5.41, 5.74) is 4.29. The molecule has 0 spiro atoms. The number of ether oxygens (including phenoxy) is 1. The summed E-state index contributed by atoms with van der Waals surface area (Å²) >= 11 is 0. The third-order valence-electron chi connectivity index (χ3n) is 2.39. The SMILES string of the molecule is C=CCCOCCNS(=O)(=O)c1ccc(F)c(N)c1F. The maximum atomic E-state index is 13.6. The summed E-state index contributed by atoms with van der Waals surface area (Å²) in [5.74, 6) is -2.31. The summed E-state index contributed by atoms with van der Waals surface area (Å²) in [5, 5.41) is 0. The van der Waals surface area contributed by atoms with Gasteiger partial charge in [0.1, 0.15) is 16.4 Å². The molecule has 0 bridgehead atoms. The Balaban J connectivity index is 2.66. The molecule has 0 heterocycles. The molecule has 0 atom stereocenters. The minimum atomic E-state index is -4.09. The van der Waals surface area contributed by atoms with Crippen molar-refractivity contribution in [2.45, 2.75) is 11.3 Å². The number of rotatable bonds is 8. The van der Waals surface area contributed by atoms with Crippen molar-refractivity contribution in [3.05, 3.63) is 36.4 Å². The van der Waals surface area contributed by atoms with Crippen LogP contribution in [0.25, 0.3) is 0 Å². The van der Waals surface area contributed by atoms with Crippen LogP contribution >= 0.6 is 0 Å². The minimum absolute atomic E-state index is 0.0316. The Morgan fingerprint density at radius 2 is 2.05 bits per heavy atom. The Bertz CT molecular complexity index is 576. The fourth-order valence-electron chi connectivity index (χ4n) is 1.35. The van der Waals surface area contributed by atoms with Gasteiger partial charge < -0.3 is 10.5 Å². The quantitative estimate of drug-likeness (QED) is 0.432. The first-order valence-electron chi connectivity index (χ1n) is 5.82. The van der Waals surface area contributed by atoms with Crippen LogP contribution in [-0.4, -0.2) is 28.2 Å². The van der Waals surface area contributed by atoms with Gasteiger partial charge >= 0.3 is 0 Å². The molecule has 0 aliphatic heterocycles. The minimum Gasteiger partial charge on any atom is -0.394 e. The Hall–Kier alpha value is -1.51. The smallest absolute Gasteiger partial charge is 0.243 e. The second kappa shape index (κ2) is 7.32. The summed E-state index contributed by atoms with van der Waals surface area (Å²) in [7, 11) is -4.09. The molecular weight excluding hydrogens is 290 g/mol. The standard InChI is InChI=1S/C12H16F2N2O3S/c1-2-3-7-19-8-6-16-20(17,18)10-5-4-9(13)12(15)11(10)14/h2,4-5,16H,1,3,6-8,15H2. The van der Waals surface area contributed by atoms with Crippen LogP contribution in [0, 0.1) is 11.6 Å². The zero-order valence-corrected chi connectivity index (χ0v) is 11.6. The highest BCUT2D eigenvalue weighted by Crippen LogP contribution is 2.22. The van der Waals surface area contributed by atoms with E-state index in [1.165, 1.54) is 0 Å². The number of anilines is 1. The van der Waals surface area contributed by atoms with Crippen molar-refractivity contribution in [1.29, 1.82) is 0 Å². The van der Waals surface area contributed by atoms with Gasteiger partial charge in [-0.15, -0.1) is 6.58 Å². The third kappa shape index (κ3) is 4.26. The maximum Gasteiger partial charge on any atom is 0.243 e. The molecule has 0 fully saturated rings. The molecule has 0 saturated heterocycles. The topological polar surface area (TPSA) is 81.4 Å². The Labute approximate surface area is 116 Å². The molecule has 0 aromatic heterocycles. The Kier molecular flexibility index (Phi) is 6.05. The Morgan fingerprint density at radius 3 is 2.70 bits per heavy atom. The first kappa shape index (κ1) is 16.5. The van der Waals surface area contributed by atoms with Crippen LogP contribution in [0.15, 0.2) is 29.7 Å². The van der Waals surface area contributed by atoms with Crippen molar-refractivity contribution in [3.8, 4) is 0 Å². The number of nitrogens with two attached hydrogens (primary N) is 1. The largest absolute Gasteiger partial charge is 0.394 e. The number of halogens is 2. The van der Waals surface area contributed by atoms with Crippen LogP contribution in [0.2, 0.25) is 0 Å². The van der Waals surface area contributed by atoms with Crippen LogP contribution in [0.1, 0.15) is 6.42 Å². The molecule has 0 amide bonds. The number of sulfonamides is 1. The predicted octanol–water partition coefficient (Wildman–Crippen LogP) is 1.42. The van der Waals surface area contributed by atoms with Crippen molar-refractivity contribution in [2.75, 3.05) is 25.5 Å². The van der Waals surface area contributed by atoms with E-state index in [0.29, 0.717) is 13.0 Å². The van der Waals surface area contributed by atoms with E-state index in [1.807, 2.05) is 0 Å². The Morgan fingerprint density at radius 1 is 1.35 bits per heavy atom. The lowest BCUT2D eigenvalue weighted by Gasteiger charge is -2.09. The highest BCUT2D eigenvalue weighted by molar-refractivity contribution is 7.89. The first-order chi connectivity index (χ1) is 9.40. The summed E-state index contributed by atoms with van der Waals surface area (Å²) in [4.78, 5) is -0.692. The van der Waals surface area contributed by atoms with Crippen LogP contribution in [0.4, 0.5) is 14.5 Å². The van der Waals surface area contributed by atoms with E-state index < -0.39 is 32.2 Å². The molecule has 20 heavy (non-hydrogen) atoms. The molecule has 0 radical (unpaired) electrons. The van der Waals surface area contributed by atoms with E-state index in [1.54, 1.807) is 6.08 Å². The normalized spacial score (nSPS) is 11.5. The molecule has 0 aliphatic rings. The van der Waals surface area contributed by atoms with Gasteiger partial charge in [0.25, 0.3) is 0 Å². The van der Waals surface area contributed by atoms with Gasteiger partial charge in [0.2, 0.25) is 10.0 Å². The number of hydrogen-bond donors (Lipinski definition) is 2. The number of hydrogen-bond acceptors (Lipinski definition) is 4. The zero-order chi connectivity index (χ0) is 15.2. The van der Waals surface area contributed by atoms with Crippen LogP contribution in [0.3, 0.4) is 0 Å². The molecule has 1 aromatic carbocycles. The van der Waals surface area contributed by atoms with Crippen LogP contribution in [0.5, 0.6) is 0 Å². The van der Waals surface area contributed by atoms with E-state index in [0.717, 1.165) is 12.1 Å². The van der Waals surface area contributed by atoms with Gasteiger partial charge in [-0.3, -0.25) is 0 Å². The summed E-state index contributed by atoms with van der Waals surface area (Å²) in [6.45, 7) is 4.03. The molecule has 0 saturated carbocycles. The lowest BCUT2D eigenvalue weighted by molar-refractivity contribution is 0.144. The van der Waals surface area contributed by atoms with Crippen molar-refractivity contribution in [1.82, 2.24) is 4.72 Å². The molecule has 0 unspecified atom stereocenters. The number of nitrogens with one attached hydrogen (secondary N) is 1. The summed E-state index contributed by atoms with van der Waals surface area (Å²) in [6, 6.07) is 1.62.